The summed E-state index contributed by atoms with van der Waals surface area (Å²) >= 11 is 0. The Bertz CT molecular complexity index is 1330. The van der Waals surface area contributed by atoms with E-state index in [1.54, 1.807) is 11.6 Å². The first-order valence-corrected chi connectivity index (χ1v) is 10.4. The molecule has 2 aromatic heterocycles. The van der Waals surface area contributed by atoms with Crippen LogP contribution in [-0.2, 0) is 13.6 Å². The highest BCUT2D eigenvalue weighted by molar-refractivity contribution is 5.80. The van der Waals surface area contributed by atoms with Crippen LogP contribution in [0.1, 0.15) is 17.4 Å². The zero-order valence-corrected chi connectivity index (χ0v) is 17.3. The molecule has 3 heterocycles. The van der Waals surface area contributed by atoms with Crippen molar-refractivity contribution in [2.24, 2.45) is 7.05 Å². The van der Waals surface area contributed by atoms with Crippen molar-refractivity contribution in [3.8, 4) is 6.07 Å². The van der Waals surface area contributed by atoms with Crippen molar-refractivity contribution in [2.75, 3.05) is 26.2 Å². The van der Waals surface area contributed by atoms with E-state index in [1.807, 2.05) is 59.0 Å². The highest BCUT2D eigenvalue weighted by Gasteiger charge is 2.26. The summed E-state index contributed by atoms with van der Waals surface area (Å²) in [5.41, 5.74) is 1.79. The highest BCUT2D eigenvalue weighted by atomic mass is 16.1. The fourth-order valence-corrected chi connectivity index (χ4v) is 4.38. The molecule has 0 amide bonds. The summed E-state index contributed by atoms with van der Waals surface area (Å²) in [7, 11) is 1.73. The van der Waals surface area contributed by atoms with Crippen molar-refractivity contribution in [1.82, 2.24) is 29.0 Å². The summed E-state index contributed by atoms with van der Waals surface area (Å²) < 4.78 is 3.53. The van der Waals surface area contributed by atoms with Gasteiger partial charge in [0.05, 0.1) is 23.5 Å². The van der Waals surface area contributed by atoms with Gasteiger partial charge in [-0.05, 0) is 17.7 Å². The van der Waals surface area contributed by atoms with E-state index in [0.29, 0.717) is 17.7 Å². The molecular formula is C23H23N7O. The van der Waals surface area contributed by atoms with E-state index in [4.69, 9.17) is 0 Å². The molecular weight excluding hydrogens is 390 g/mol. The number of piperazine rings is 1. The van der Waals surface area contributed by atoms with Gasteiger partial charge in [0.25, 0.3) is 5.56 Å². The first-order chi connectivity index (χ1) is 15.2. The maximum atomic E-state index is 12.6. The molecule has 8 heteroatoms. The number of fused-ring (bicyclic) bond motifs is 3. The molecule has 5 rings (SSSR count). The topological polar surface area (TPSA) is 82.5 Å². The number of nitriles is 1. The molecule has 1 unspecified atom stereocenters. The van der Waals surface area contributed by atoms with Gasteiger partial charge >= 0.3 is 0 Å². The number of rotatable bonds is 4. The van der Waals surface area contributed by atoms with Crippen LogP contribution in [0.2, 0.25) is 0 Å². The monoisotopic (exact) mass is 413 g/mol. The quantitative estimate of drug-likeness (QED) is 0.509. The molecule has 1 atom stereocenters. The number of nitrogens with zero attached hydrogens (tertiary/aromatic N) is 7. The molecule has 0 radical (unpaired) electrons. The molecule has 1 aliphatic heterocycles. The minimum Gasteiger partial charge on any atom is -0.293 e. The Morgan fingerprint density at radius 2 is 1.71 bits per heavy atom. The summed E-state index contributed by atoms with van der Waals surface area (Å²) in [6.45, 7) is 3.93. The zero-order valence-electron chi connectivity index (χ0n) is 17.3. The second-order valence-corrected chi connectivity index (χ2v) is 7.89. The van der Waals surface area contributed by atoms with Gasteiger partial charge in [-0.2, -0.15) is 5.26 Å². The molecule has 0 saturated carbocycles. The van der Waals surface area contributed by atoms with Crippen molar-refractivity contribution in [3.05, 3.63) is 76.3 Å². The van der Waals surface area contributed by atoms with Gasteiger partial charge in [-0.25, -0.2) is 0 Å². The van der Waals surface area contributed by atoms with Crippen molar-refractivity contribution < 1.29 is 0 Å². The van der Waals surface area contributed by atoms with Crippen LogP contribution in [-0.4, -0.2) is 55.1 Å². The molecule has 1 aliphatic rings. The molecule has 156 valence electrons. The van der Waals surface area contributed by atoms with Crippen LogP contribution in [0.3, 0.4) is 0 Å². The van der Waals surface area contributed by atoms with Crippen LogP contribution in [0.15, 0.2) is 59.4 Å². The summed E-state index contributed by atoms with van der Waals surface area (Å²) in [4.78, 5) is 17.2. The standard InChI is InChI=1S/C23H23N7O/c1-27-22(31)18-9-5-6-10-19(18)30-21(25-26-23(27)30)16-28-11-13-29(14-12-28)20(15-24)17-7-3-2-4-8-17/h2-10,20H,11-14,16H2,1H3. The third-order valence-corrected chi connectivity index (χ3v) is 6.07. The number of aryl methyl sites for hydroxylation is 1. The lowest BCUT2D eigenvalue weighted by molar-refractivity contribution is 0.107. The van der Waals surface area contributed by atoms with Crippen molar-refractivity contribution in [2.45, 2.75) is 12.6 Å². The maximum Gasteiger partial charge on any atom is 0.262 e. The number of hydrogen-bond acceptors (Lipinski definition) is 6. The SMILES string of the molecule is Cn1c(=O)c2ccccc2n2c(CN3CCN(C(C#N)c4ccccc4)CC3)nnc12. The van der Waals surface area contributed by atoms with Crippen molar-refractivity contribution in [1.29, 1.82) is 5.26 Å². The number of hydrogen-bond donors (Lipinski definition) is 0. The second-order valence-electron chi connectivity index (χ2n) is 7.89. The van der Waals surface area contributed by atoms with Crippen LogP contribution in [0.4, 0.5) is 0 Å². The first kappa shape index (κ1) is 19.4. The first-order valence-electron chi connectivity index (χ1n) is 10.4. The molecule has 1 saturated heterocycles. The predicted octanol–water partition coefficient (Wildman–Crippen LogP) is 1.96. The van der Waals surface area contributed by atoms with Gasteiger partial charge in [0.1, 0.15) is 6.04 Å². The van der Waals surface area contributed by atoms with Gasteiger partial charge in [-0.1, -0.05) is 42.5 Å². The van der Waals surface area contributed by atoms with Crippen LogP contribution < -0.4 is 5.56 Å². The van der Waals surface area contributed by atoms with Crippen LogP contribution in [0.25, 0.3) is 16.7 Å². The normalized spacial score (nSPS) is 16.5. The Morgan fingerprint density at radius 3 is 2.45 bits per heavy atom. The van der Waals surface area contributed by atoms with Crippen LogP contribution in [0, 0.1) is 11.3 Å². The highest BCUT2D eigenvalue weighted by Crippen LogP contribution is 2.22. The molecule has 0 aliphatic carbocycles. The van der Waals surface area contributed by atoms with Crippen molar-refractivity contribution in [3.63, 3.8) is 0 Å². The predicted molar refractivity (Wildman–Crippen MR) is 117 cm³/mol. The van der Waals surface area contributed by atoms with E-state index < -0.39 is 0 Å². The minimum absolute atomic E-state index is 0.0703. The Morgan fingerprint density at radius 1 is 1.00 bits per heavy atom. The van der Waals surface area contributed by atoms with Gasteiger partial charge in [0, 0.05) is 33.2 Å². The molecule has 0 N–H and O–H groups in total. The third-order valence-electron chi connectivity index (χ3n) is 6.07. The lowest BCUT2D eigenvalue weighted by Gasteiger charge is -2.36. The summed E-state index contributed by atoms with van der Waals surface area (Å²) in [5.74, 6) is 1.36. The van der Waals surface area contributed by atoms with E-state index in [2.05, 4.69) is 26.1 Å². The molecule has 8 nitrogen and oxygen atoms in total. The van der Waals surface area contributed by atoms with E-state index in [0.717, 1.165) is 43.1 Å². The molecule has 31 heavy (non-hydrogen) atoms. The Hall–Kier alpha value is -3.54. The third kappa shape index (κ3) is 3.38. The number of para-hydroxylation sites is 1. The van der Waals surface area contributed by atoms with Gasteiger partial charge in [0.15, 0.2) is 5.82 Å². The smallest absolute Gasteiger partial charge is 0.262 e. The Labute approximate surface area is 179 Å². The summed E-state index contributed by atoms with van der Waals surface area (Å²) in [6.07, 6.45) is 0. The van der Waals surface area contributed by atoms with Gasteiger partial charge in [-0.15, -0.1) is 10.2 Å². The van der Waals surface area contributed by atoms with E-state index in [1.165, 1.54) is 0 Å². The van der Waals surface area contributed by atoms with Gasteiger partial charge in [-0.3, -0.25) is 23.6 Å². The zero-order chi connectivity index (χ0) is 21.4. The average Bonchev–Trinajstić information content (AvgIpc) is 3.23. The molecule has 4 aromatic rings. The van der Waals surface area contributed by atoms with E-state index in [9.17, 15) is 10.1 Å². The lowest BCUT2D eigenvalue weighted by atomic mass is 10.1. The Balaban J connectivity index is 1.38. The molecule has 2 aromatic carbocycles. The summed E-state index contributed by atoms with van der Waals surface area (Å²) in [6, 6.07) is 19.7. The van der Waals surface area contributed by atoms with Crippen molar-refractivity contribution >= 4 is 16.7 Å². The van der Waals surface area contributed by atoms with Crippen LogP contribution >= 0.6 is 0 Å². The molecule has 0 bridgehead atoms. The van der Waals surface area contributed by atoms with Gasteiger partial charge in [0.2, 0.25) is 5.78 Å². The average molecular weight is 413 g/mol. The lowest BCUT2D eigenvalue weighted by Crippen LogP contribution is -2.47. The minimum atomic E-state index is -0.226. The Kier molecular flexibility index (Phi) is 4.98. The van der Waals surface area contributed by atoms with E-state index >= 15 is 0 Å². The summed E-state index contributed by atoms with van der Waals surface area (Å²) in [5, 5.41) is 19.1. The molecule has 1 fully saturated rings. The maximum absolute atomic E-state index is 12.6. The number of benzene rings is 2. The van der Waals surface area contributed by atoms with E-state index in [-0.39, 0.29) is 11.6 Å². The fraction of sp³-hybridized carbons (Fsp3) is 0.304. The van der Waals surface area contributed by atoms with Crippen LogP contribution in [0.5, 0.6) is 0 Å². The molecule has 0 spiro atoms. The second kappa shape index (κ2) is 7.95. The van der Waals surface area contributed by atoms with Gasteiger partial charge < -0.3 is 0 Å². The fourth-order valence-electron chi connectivity index (χ4n) is 4.38. The largest absolute Gasteiger partial charge is 0.293 e. The number of aromatic nitrogens is 4.